The Labute approximate surface area is 127 Å². The molecule has 20 heavy (non-hydrogen) atoms. The lowest BCUT2D eigenvalue weighted by Crippen LogP contribution is -2.11. The predicted octanol–water partition coefficient (Wildman–Crippen LogP) is 3.66. The average molecular weight is 307 g/mol. The molecular formula is C14H11ClN2O2S. The molecule has 2 rings (SSSR count). The van der Waals surface area contributed by atoms with Crippen molar-refractivity contribution in [3.8, 4) is 17.0 Å². The summed E-state index contributed by atoms with van der Waals surface area (Å²) in [6, 6.07) is 9.56. The van der Waals surface area contributed by atoms with Gasteiger partial charge >= 0.3 is 5.24 Å². The second-order valence-corrected chi connectivity index (χ2v) is 4.41. The van der Waals surface area contributed by atoms with E-state index in [-0.39, 0.29) is 17.7 Å². The summed E-state index contributed by atoms with van der Waals surface area (Å²) in [6.07, 6.45) is 3.13. The lowest BCUT2D eigenvalue weighted by Gasteiger charge is -2.09. The molecule has 6 heteroatoms. The number of thiocarbonyl (C=S) groups is 1. The highest BCUT2D eigenvalue weighted by molar-refractivity contribution is 7.79. The number of aromatic nitrogens is 2. The summed E-state index contributed by atoms with van der Waals surface area (Å²) in [5, 5.41) is 7.93. The molecule has 0 saturated heterocycles. The minimum atomic E-state index is -0.0775. The van der Waals surface area contributed by atoms with Crippen LogP contribution in [0.4, 0.5) is 0 Å². The molecule has 2 aromatic rings. The summed E-state index contributed by atoms with van der Waals surface area (Å²) in [5.41, 5.74) is 1.62. The summed E-state index contributed by atoms with van der Waals surface area (Å²) in [7, 11) is 0. The van der Waals surface area contributed by atoms with Crippen LogP contribution in [0.1, 0.15) is 0 Å². The topological polar surface area (TPSA) is 44.2 Å². The Bertz CT molecular complexity index is 620. The van der Waals surface area contributed by atoms with E-state index in [0.29, 0.717) is 10.6 Å². The van der Waals surface area contributed by atoms with E-state index >= 15 is 0 Å². The van der Waals surface area contributed by atoms with Crippen LogP contribution in [-0.2, 0) is 4.74 Å². The quantitative estimate of drug-likeness (QED) is 0.637. The Kier molecular flexibility index (Phi) is 5.03. The fourth-order valence-corrected chi connectivity index (χ4v) is 1.86. The molecule has 0 bridgehead atoms. The molecule has 102 valence electrons. The van der Waals surface area contributed by atoms with Gasteiger partial charge in [0, 0.05) is 17.8 Å². The molecule has 0 atom stereocenters. The van der Waals surface area contributed by atoms with Crippen LogP contribution in [0.5, 0.6) is 5.88 Å². The molecule has 0 aliphatic carbocycles. The maximum absolute atomic E-state index is 6.26. The van der Waals surface area contributed by atoms with Crippen molar-refractivity contribution in [2.75, 3.05) is 6.61 Å². The molecule has 1 aromatic carbocycles. The maximum atomic E-state index is 6.26. The van der Waals surface area contributed by atoms with E-state index in [2.05, 4.69) is 16.8 Å². The van der Waals surface area contributed by atoms with Crippen molar-refractivity contribution in [3.63, 3.8) is 0 Å². The lowest BCUT2D eigenvalue weighted by atomic mass is 10.1. The molecule has 0 aliphatic rings. The van der Waals surface area contributed by atoms with Gasteiger partial charge in [0.2, 0.25) is 0 Å². The summed E-state index contributed by atoms with van der Waals surface area (Å²) in [6.45, 7) is 3.77. The van der Waals surface area contributed by atoms with Crippen molar-refractivity contribution in [2.45, 2.75) is 0 Å². The molecule has 0 fully saturated rings. The zero-order valence-electron chi connectivity index (χ0n) is 10.5. The van der Waals surface area contributed by atoms with E-state index in [1.165, 1.54) is 0 Å². The molecule has 0 amide bonds. The van der Waals surface area contributed by atoms with E-state index in [1.54, 1.807) is 12.3 Å². The van der Waals surface area contributed by atoms with Crippen LogP contribution in [0.2, 0.25) is 5.02 Å². The predicted molar refractivity (Wildman–Crippen MR) is 81.9 cm³/mol. The third-order valence-electron chi connectivity index (χ3n) is 2.34. The standard InChI is InChI=1S/C14H11ClN2O2S/c1-2-8-18-14(20)19-13-12(15)11(9-16-17-13)10-6-4-3-5-7-10/h2-7,9H,1,8H2. The van der Waals surface area contributed by atoms with Crippen LogP contribution in [0.3, 0.4) is 0 Å². The number of hydrogen-bond acceptors (Lipinski definition) is 5. The van der Waals surface area contributed by atoms with Crippen LogP contribution >= 0.6 is 23.8 Å². The number of halogens is 1. The molecule has 1 aromatic heterocycles. The molecule has 0 unspecified atom stereocenters. The van der Waals surface area contributed by atoms with E-state index in [0.717, 1.165) is 5.56 Å². The number of nitrogens with zero attached hydrogens (tertiary/aromatic N) is 2. The molecule has 0 aliphatic heterocycles. The third kappa shape index (κ3) is 3.53. The van der Waals surface area contributed by atoms with Crippen molar-refractivity contribution in [1.82, 2.24) is 10.2 Å². The van der Waals surface area contributed by atoms with Crippen molar-refractivity contribution < 1.29 is 9.47 Å². The largest absolute Gasteiger partial charge is 0.452 e. The van der Waals surface area contributed by atoms with Crippen LogP contribution < -0.4 is 4.74 Å². The van der Waals surface area contributed by atoms with E-state index in [9.17, 15) is 0 Å². The summed E-state index contributed by atoms with van der Waals surface area (Å²) in [4.78, 5) is 0. The van der Waals surface area contributed by atoms with E-state index in [4.69, 9.17) is 33.3 Å². The minimum absolute atomic E-state index is 0.0775. The summed E-state index contributed by atoms with van der Waals surface area (Å²) >= 11 is 11.2. The second kappa shape index (κ2) is 6.98. The van der Waals surface area contributed by atoms with Gasteiger partial charge in [-0.2, -0.15) is 5.10 Å². The first kappa shape index (κ1) is 14.4. The summed E-state index contributed by atoms with van der Waals surface area (Å²) < 4.78 is 10.3. The highest BCUT2D eigenvalue weighted by Crippen LogP contribution is 2.32. The monoisotopic (exact) mass is 306 g/mol. The Hall–Kier alpha value is -1.98. The average Bonchev–Trinajstić information content (AvgIpc) is 2.48. The van der Waals surface area contributed by atoms with E-state index in [1.807, 2.05) is 30.3 Å². The molecule has 1 heterocycles. The van der Waals surface area contributed by atoms with Crippen molar-refractivity contribution in [2.24, 2.45) is 0 Å². The Morgan fingerprint density at radius 2 is 2.10 bits per heavy atom. The minimum Gasteiger partial charge on any atom is -0.452 e. The first-order valence-corrected chi connectivity index (χ1v) is 6.53. The van der Waals surface area contributed by atoms with Gasteiger partial charge in [-0.1, -0.05) is 54.6 Å². The van der Waals surface area contributed by atoms with Gasteiger partial charge in [0.05, 0.1) is 6.20 Å². The van der Waals surface area contributed by atoms with Gasteiger partial charge in [0.1, 0.15) is 11.6 Å². The fourth-order valence-electron chi connectivity index (χ4n) is 1.47. The smallest absolute Gasteiger partial charge is 0.359 e. The molecule has 4 nitrogen and oxygen atoms in total. The molecule has 0 N–H and O–H groups in total. The van der Waals surface area contributed by atoms with Gasteiger partial charge in [-0.15, -0.1) is 5.10 Å². The van der Waals surface area contributed by atoms with Gasteiger partial charge in [0.25, 0.3) is 5.88 Å². The number of hydrogen-bond donors (Lipinski definition) is 0. The molecule has 0 saturated carbocycles. The Balaban J connectivity index is 2.24. The van der Waals surface area contributed by atoms with Crippen molar-refractivity contribution >= 4 is 29.1 Å². The first-order valence-electron chi connectivity index (χ1n) is 5.74. The van der Waals surface area contributed by atoms with Crippen LogP contribution in [0, 0.1) is 0 Å². The van der Waals surface area contributed by atoms with E-state index < -0.39 is 0 Å². The SMILES string of the molecule is C=CCOC(=S)Oc1nncc(-c2ccccc2)c1Cl. The second-order valence-electron chi connectivity index (χ2n) is 3.70. The molecule has 0 spiro atoms. The third-order valence-corrected chi connectivity index (χ3v) is 2.91. The summed E-state index contributed by atoms with van der Waals surface area (Å²) in [5.74, 6) is 0.113. The number of ether oxygens (including phenoxy) is 2. The fraction of sp³-hybridized carbons (Fsp3) is 0.0714. The highest BCUT2D eigenvalue weighted by Gasteiger charge is 2.13. The maximum Gasteiger partial charge on any atom is 0.359 e. The lowest BCUT2D eigenvalue weighted by molar-refractivity contribution is 0.275. The van der Waals surface area contributed by atoms with Gasteiger partial charge in [-0.3, -0.25) is 0 Å². The van der Waals surface area contributed by atoms with Crippen molar-refractivity contribution in [3.05, 3.63) is 54.2 Å². The number of benzene rings is 1. The van der Waals surface area contributed by atoms with Gasteiger partial charge in [-0.05, 0) is 5.56 Å². The van der Waals surface area contributed by atoms with Gasteiger partial charge in [0.15, 0.2) is 0 Å². The van der Waals surface area contributed by atoms with Gasteiger partial charge in [-0.25, -0.2) is 0 Å². The first-order chi connectivity index (χ1) is 9.72. The van der Waals surface area contributed by atoms with Crippen LogP contribution in [0.15, 0.2) is 49.2 Å². The molecular weight excluding hydrogens is 296 g/mol. The Morgan fingerprint density at radius 3 is 2.80 bits per heavy atom. The van der Waals surface area contributed by atoms with Crippen LogP contribution in [-0.4, -0.2) is 22.0 Å². The zero-order chi connectivity index (χ0) is 14.4. The van der Waals surface area contributed by atoms with Gasteiger partial charge < -0.3 is 9.47 Å². The number of rotatable bonds is 4. The van der Waals surface area contributed by atoms with Crippen LogP contribution in [0.25, 0.3) is 11.1 Å². The van der Waals surface area contributed by atoms with Crippen molar-refractivity contribution in [1.29, 1.82) is 0 Å². The highest BCUT2D eigenvalue weighted by atomic mass is 35.5. The Morgan fingerprint density at radius 1 is 1.35 bits per heavy atom. The normalized spacial score (nSPS) is 9.85. The zero-order valence-corrected chi connectivity index (χ0v) is 12.0. The molecule has 0 radical (unpaired) electrons.